The second-order valence-electron chi connectivity index (χ2n) is 4.49. The molecule has 0 atom stereocenters. The number of carbonyl (C=O) groups excluding carboxylic acids is 1. The lowest BCUT2D eigenvalue weighted by atomic mass is 10.3. The van der Waals surface area contributed by atoms with Gasteiger partial charge in [0.1, 0.15) is 12.4 Å². The number of nitrogens with zero attached hydrogens (tertiary/aromatic N) is 1. The second kappa shape index (κ2) is 12.7. The van der Waals surface area contributed by atoms with E-state index in [4.69, 9.17) is 4.74 Å². The van der Waals surface area contributed by atoms with Crippen molar-refractivity contribution in [2.45, 2.75) is 13.8 Å². The zero-order chi connectivity index (χ0) is 16.2. The minimum absolute atomic E-state index is 0. The van der Waals surface area contributed by atoms with E-state index in [1.165, 1.54) is 6.92 Å². The van der Waals surface area contributed by atoms with E-state index in [1.54, 1.807) is 12.1 Å². The van der Waals surface area contributed by atoms with Gasteiger partial charge in [0.15, 0.2) is 5.96 Å². The van der Waals surface area contributed by atoms with Gasteiger partial charge in [0.25, 0.3) is 0 Å². The second-order valence-corrected chi connectivity index (χ2v) is 4.49. The average molecular weight is 432 g/mol. The summed E-state index contributed by atoms with van der Waals surface area (Å²) >= 11 is 0. The van der Waals surface area contributed by atoms with Gasteiger partial charge < -0.3 is 20.7 Å². The van der Waals surface area contributed by atoms with Crippen molar-refractivity contribution in [2.24, 2.45) is 4.99 Å². The molecule has 0 aliphatic rings. The van der Waals surface area contributed by atoms with Gasteiger partial charge in [-0.25, -0.2) is 4.99 Å². The Balaban J connectivity index is 0.00000484. The number of carbonyl (C=O) groups is 1. The van der Waals surface area contributed by atoms with Crippen LogP contribution in [0.2, 0.25) is 0 Å². The van der Waals surface area contributed by atoms with Crippen LogP contribution in [-0.2, 0) is 4.79 Å². The summed E-state index contributed by atoms with van der Waals surface area (Å²) in [6.45, 7) is 9.57. The molecular weight excluding hydrogens is 407 g/mol. The van der Waals surface area contributed by atoms with Crippen LogP contribution in [-0.4, -0.2) is 38.1 Å². The number of nitrogens with one attached hydrogen (secondary N) is 3. The highest BCUT2D eigenvalue weighted by Crippen LogP contribution is 2.17. The van der Waals surface area contributed by atoms with Crippen LogP contribution < -0.4 is 20.7 Å². The van der Waals surface area contributed by atoms with Crippen molar-refractivity contribution in [1.29, 1.82) is 0 Å². The molecule has 3 N–H and O–H groups in total. The van der Waals surface area contributed by atoms with Crippen LogP contribution in [0, 0.1) is 0 Å². The molecule has 1 rings (SSSR count). The fraction of sp³-hybridized carbons (Fsp3) is 0.375. The van der Waals surface area contributed by atoms with Crippen LogP contribution in [0.4, 0.5) is 5.69 Å². The molecule has 128 valence electrons. The van der Waals surface area contributed by atoms with Gasteiger partial charge in [-0.2, -0.15) is 0 Å². The maximum atomic E-state index is 11.0. The number of rotatable bonds is 8. The number of aliphatic imine (C=N–C) groups is 1. The first-order valence-electron chi connectivity index (χ1n) is 7.29. The Morgan fingerprint density at radius 2 is 2.17 bits per heavy atom. The normalized spacial score (nSPS) is 10.3. The van der Waals surface area contributed by atoms with E-state index in [2.05, 4.69) is 27.5 Å². The van der Waals surface area contributed by atoms with Crippen molar-refractivity contribution in [3.8, 4) is 5.75 Å². The molecule has 0 unspecified atom stereocenters. The van der Waals surface area contributed by atoms with Crippen LogP contribution >= 0.6 is 24.0 Å². The van der Waals surface area contributed by atoms with Crippen molar-refractivity contribution in [2.75, 3.05) is 31.6 Å². The van der Waals surface area contributed by atoms with Crippen molar-refractivity contribution in [1.82, 2.24) is 10.6 Å². The fourth-order valence-corrected chi connectivity index (χ4v) is 1.70. The Bertz CT molecular complexity index is 521. The van der Waals surface area contributed by atoms with Crippen molar-refractivity contribution >= 4 is 41.5 Å². The average Bonchev–Trinajstić information content (AvgIpc) is 2.48. The molecule has 0 radical (unpaired) electrons. The molecule has 0 aliphatic carbocycles. The Kier molecular flexibility index (Phi) is 11.8. The molecule has 23 heavy (non-hydrogen) atoms. The molecule has 0 spiro atoms. The number of hydrogen-bond acceptors (Lipinski definition) is 3. The molecule has 0 saturated heterocycles. The van der Waals surface area contributed by atoms with Gasteiger partial charge in [0.05, 0.1) is 6.54 Å². The van der Waals surface area contributed by atoms with Crippen LogP contribution in [0.25, 0.3) is 0 Å². The molecule has 0 aliphatic heterocycles. The zero-order valence-corrected chi connectivity index (χ0v) is 15.9. The summed E-state index contributed by atoms with van der Waals surface area (Å²) in [5.41, 5.74) is 0.717. The largest absolute Gasteiger partial charge is 0.492 e. The summed E-state index contributed by atoms with van der Waals surface area (Å²) in [7, 11) is 0. The van der Waals surface area contributed by atoms with Crippen LogP contribution in [0.15, 0.2) is 41.9 Å². The third-order valence-corrected chi connectivity index (χ3v) is 2.54. The van der Waals surface area contributed by atoms with Gasteiger partial charge in [-0.1, -0.05) is 12.1 Å². The predicted molar refractivity (Wildman–Crippen MR) is 106 cm³/mol. The van der Waals surface area contributed by atoms with Crippen LogP contribution in [0.1, 0.15) is 13.8 Å². The fourth-order valence-electron chi connectivity index (χ4n) is 1.70. The Hall–Kier alpha value is -1.77. The van der Waals surface area contributed by atoms with E-state index < -0.39 is 0 Å². The van der Waals surface area contributed by atoms with Gasteiger partial charge in [-0.15, -0.1) is 30.6 Å². The number of guanidine groups is 1. The maximum Gasteiger partial charge on any atom is 0.221 e. The van der Waals surface area contributed by atoms with Crippen LogP contribution in [0.3, 0.4) is 0 Å². The quantitative estimate of drug-likeness (QED) is 0.194. The minimum Gasteiger partial charge on any atom is -0.492 e. The molecule has 0 heterocycles. The summed E-state index contributed by atoms with van der Waals surface area (Å²) in [6, 6.07) is 7.27. The Morgan fingerprint density at radius 1 is 1.39 bits per heavy atom. The monoisotopic (exact) mass is 432 g/mol. The molecule has 0 saturated carbocycles. The van der Waals surface area contributed by atoms with Crippen molar-refractivity contribution in [3.05, 3.63) is 36.9 Å². The van der Waals surface area contributed by atoms with E-state index in [0.29, 0.717) is 25.4 Å². The third kappa shape index (κ3) is 9.77. The summed E-state index contributed by atoms with van der Waals surface area (Å²) in [6.07, 6.45) is 1.77. The lowest BCUT2D eigenvalue weighted by Gasteiger charge is -2.10. The van der Waals surface area contributed by atoms with Gasteiger partial charge in [-0.3, -0.25) is 4.79 Å². The lowest BCUT2D eigenvalue weighted by Crippen LogP contribution is -2.37. The predicted octanol–water partition coefficient (Wildman–Crippen LogP) is 2.38. The first kappa shape index (κ1) is 21.2. The smallest absolute Gasteiger partial charge is 0.221 e. The van der Waals surface area contributed by atoms with E-state index in [-0.39, 0.29) is 29.9 Å². The number of hydrogen-bond donors (Lipinski definition) is 3. The van der Waals surface area contributed by atoms with Gasteiger partial charge >= 0.3 is 0 Å². The highest BCUT2D eigenvalue weighted by molar-refractivity contribution is 14.0. The number of halogens is 1. The zero-order valence-electron chi connectivity index (χ0n) is 13.6. The molecule has 1 aromatic carbocycles. The molecule has 0 bridgehead atoms. The third-order valence-electron chi connectivity index (χ3n) is 2.54. The molecule has 6 nitrogen and oxygen atoms in total. The minimum atomic E-state index is -0.106. The van der Waals surface area contributed by atoms with E-state index in [9.17, 15) is 4.79 Å². The van der Waals surface area contributed by atoms with Crippen LogP contribution in [0.5, 0.6) is 5.75 Å². The summed E-state index contributed by atoms with van der Waals surface area (Å²) in [5, 5.41) is 8.97. The molecule has 0 fully saturated rings. The van der Waals surface area contributed by atoms with Crippen molar-refractivity contribution in [3.63, 3.8) is 0 Å². The molecular formula is C16H25IN4O2. The number of ether oxygens (including phenoxy) is 1. The van der Waals surface area contributed by atoms with Gasteiger partial charge in [0.2, 0.25) is 5.91 Å². The summed E-state index contributed by atoms with van der Waals surface area (Å²) in [4.78, 5) is 15.4. The standard InChI is InChI=1S/C16H24N4O2.HI/c1-4-9-18-16(17-5-2)19-10-11-22-15-8-6-7-14(12-15)20-13(3)21;/h4,6-8,12H,1,5,9-11H2,2-3H3,(H,20,21)(H2,17,18,19);1H. The number of anilines is 1. The maximum absolute atomic E-state index is 11.0. The summed E-state index contributed by atoms with van der Waals surface area (Å²) < 4.78 is 5.63. The topological polar surface area (TPSA) is 74.8 Å². The highest BCUT2D eigenvalue weighted by Gasteiger charge is 1.99. The van der Waals surface area contributed by atoms with Crippen molar-refractivity contribution < 1.29 is 9.53 Å². The number of amides is 1. The molecule has 1 aromatic rings. The van der Waals surface area contributed by atoms with E-state index in [0.717, 1.165) is 18.2 Å². The first-order valence-corrected chi connectivity index (χ1v) is 7.29. The first-order chi connectivity index (χ1) is 10.7. The van der Waals surface area contributed by atoms with Gasteiger partial charge in [-0.05, 0) is 19.1 Å². The SMILES string of the molecule is C=CCNC(=NCCOc1cccc(NC(C)=O)c1)NCC.I. The Labute approximate surface area is 154 Å². The van der Waals surface area contributed by atoms with Gasteiger partial charge in [0, 0.05) is 31.8 Å². The Morgan fingerprint density at radius 3 is 2.83 bits per heavy atom. The van der Waals surface area contributed by atoms with E-state index in [1.807, 2.05) is 25.1 Å². The lowest BCUT2D eigenvalue weighted by molar-refractivity contribution is -0.114. The summed E-state index contributed by atoms with van der Waals surface area (Å²) in [5.74, 6) is 1.33. The molecule has 1 amide bonds. The molecule has 7 heteroatoms. The number of benzene rings is 1. The molecule has 0 aromatic heterocycles. The highest BCUT2D eigenvalue weighted by atomic mass is 127. The van der Waals surface area contributed by atoms with E-state index >= 15 is 0 Å².